The van der Waals surface area contributed by atoms with E-state index in [2.05, 4.69) is 4.90 Å². The van der Waals surface area contributed by atoms with Gasteiger partial charge in [-0.1, -0.05) is 0 Å². The average molecular weight is 276 g/mol. The maximum atomic E-state index is 11.2. The second-order valence-corrected chi connectivity index (χ2v) is 5.39. The van der Waals surface area contributed by atoms with Crippen molar-refractivity contribution in [3.63, 3.8) is 0 Å². The van der Waals surface area contributed by atoms with Crippen LogP contribution in [0.1, 0.15) is 35.2 Å². The Kier molecular flexibility index (Phi) is 4.27. The van der Waals surface area contributed by atoms with Crippen molar-refractivity contribution in [1.29, 1.82) is 0 Å². The molecule has 3 N–H and O–H groups in total. The van der Waals surface area contributed by atoms with E-state index in [-0.39, 0.29) is 12.3 Å². The van der Waals surface area contributed by atoms with Crippen molar-refractivity contribution in [2.24, 2.45) is 11.7 Å². The summed E-state index contributed by atoms with van der Waals surface area (Å²) in [7, 11) is 0. The fourth-order valence-electron chi connectivity index (χ4n) is 2.76. The van der Waals surface area contributed by atoms with Gasteiger partial charge in [-0.25, -0.2) is 0 Å². The van der Waals surface area contributed by atoms with E-state index < -0.39 is 11.9 Å². The summed E-state index contributed by atoms with van der Waals surface area (Å²) in [6, 6.07) is 5.64. The fourth-order valence-corrected chi connectivity index (χ4v) is 2.76. The molecule has 0 saturated carbocycles. The third kappa shape index (κ3) is 3.29. The van der Waals surface area contributed by atoms with Crippen LogP contribution in [0.25, 0.3) is 0 Å². The molecule has 1 aliphatic rings. The van der Waals surface area contributed by atoms with E-state index in [0.717, 1.165) is 37.2 Å². The van der Waals surface area contributed by atoms with Crippen molar-refractivity contribution in [3.8, 4) is 0 Å². The van der Waals surface area contributed by atoms with Crippen molar-refractivity contribution in [3.05, 3.63) is 29.3 Å². The van der Waals surface area contributed by atoms with Crippen LogP contribution in [0.15, 0.2) is 18.2 Å². The minimum absolute atomic E-state index is 0.257. The number of hydrogen-bond donors (Lipinski definition) is 2. The number of carboxylic acid groups (broad SMARTS) is 1. The number of piperidine rings is 1. The highest BCUT2D eigenvalue weighted by Gasteiger charge is 2.21. The monoisotopic (exact) mass is 276 g/mol. The van der Waals surface area contributed by atoms with Crippen LogP contribution in [0.3, 0.4) is 0 Å². The number of anilines is 1. The van der Waals surface area contributed by atoms with E-state index in [4.69, 9.17) is 10.8 Å². The lowest BCUT2D eigenvalue weighted by atomic mass is 9.93. The third-order valence-electron chi connectivity index (χ3n) is 3.92. The largest absolute Gasteiger partial charge is 0.481 e. The molecule has 5 nitrogen and oxygen atoms in total. The SMILES string of the molecule is Cc1cc(N2CCC(CC(=O)O)CC2)ccc1C(N)=O. The first kappa shape index (κ1) is 14.4. The normalized spacial score (nSPS) is 16.1. The summed E-state index contributed by atoms with van der Waals surface area (Å²) in [6.45, 7) is 3.58. The van der Waals surface area contributed by atoms with E-state index in [1.165, 1.54) is 0 Å². The minimum atomic E-state index is -0.717. The molecule has 0 atom stereocenters. The number of amides is 1. The fraction of sp³-hybridized carbons (Fsp3) is 0.467. The summed E-state index contributed by atoms with van der Waals surface area (Å²) in [5.41, 5.74) is 7.80. The predicted octanol–water partition coefficient (Wildman–Crippen LogP) is 1.79. The molecule has 5 heteroatoms. The van der Waals surface area contributed by atoms with Crippen LogP contribution < -0.4 is 10.6 Å². The van der Waals surface area contributed by atoms with E-state index in [1.54, 1.807) is 6.07 Å². The molecule has 0 aromatic heterocycles. The first-order chi connectivity index (χ1) is 9.47. The highest BCUT2D eigenvalue weighted by atomic mass is 16.4. The number of nitrogens with zero attached hydrogens (tertiary/aromatic N) is 1. The Morgan fingerprint density at radius 1 is 1.35 bits per heavy atom. The summed E-state index contributed by atoms with van der Waals surface area (Å²) in [5.74, 6) is -0.853. The van der Waals surface area contributed by atoms with E-state index in [0.29, 0.717) is 5.56 Å². The Hall–Kier alpha value is -2.04. The van der Waals surface area contributed by atoms with E-state index >= 15 is 0 Å². The van der Waals surface area contributed by atoms with Crippen LogP contribution in [-0.4, -0.2) is 30.1 Å². The molecule has 108 valence electrons. The number of nitrogens with two attached hydrogens (primary N) is 1. The molecule has 1 aliphatic heterocycles. The van der Waals surface area contributed by atoms with Gasteiger partial charge in [0.2, 0.25) is 5.91 Å². The van der Waals surface area contributed by atoms with Crippen LogP contribution in [0.5, 0.6) is 0 Å². The molecule has 0 radical (unpaired) electrons. The first-order valence-electron chi connectivity index (χ1n) is 6.84. The van der Waals surface area contributed by atoms with Gasteiger partial charge in [-0.05, 0) is 49.4 Å². The van der Waals surface area contributed by atoms with Gasteiger partial charge in [-0.2, -0.15) is 0 Å². The molecule has 0 spiro atoms. The van der Waals surface area contributed by atoms with Gasteiger partial charge in [0.25, 0.3) is 0 Å². The molecular formula is C15H20N2O3. The van der Waals surface area contributed by atoms with Crippen LogP contribution in [0, 0.1) is 12.8 Å². The lowest BCUT2D eigenvalue weighted by Crippen LogP contribution is -2.34. The molecule has 0 aliphatic carbocycles. The van der Waals surface area contributed by atoms with Crippen LogP contribution >= 0.6 is 0 Å². The van der Waals surface area contributed by atoms with Gasteiger partial charge in [0, 0.05) is 30.8 Å². The number of carbonyl (C=O) groups excluding carboxylic acids is 1. The summed E-state index contributed by atoms with van der Waals surface area (Å²) in [4.78, 5) is 24.1. The Balaban J connectivity index is 2.02. The summed E-state index contributed by atoms with van der Waals surface area (Å²) in [5, 5.41) is 8.81. The number of primary amides is 1. The molecule has 1 amide bonds. The lowest BCUT2D eigenvalue weighted by Gasteiger charge is -2.33. The molecule has 0 bridgehead atoms. The zero-order chi connectivity index (χ0) is 14.7. The molecule has 1 saturated heterocycles. The summed E-state index contributed by atoms with van der Waals surface area (Å²) < 4.78 is 0. The lowest BCUT2D eigenvalue weighted by molar-refractivity contribution is -0.138. The molecule has 0 unspecified atom stereocenters. The second-order valence-electron chi connectivity index (χ2n) is 5.39. The standard InChI is InChI=1S/C15H20N2O3/c1-10-8-12(2-3-13(10)15(16)20)17-6-4-11(5-7-17)9-14(18)19/h2-3,8,11H,4-7,9H2,1H3,(H2,16,20)(H,18,19). The average Bonchev–Trinajstić information content (AvgIpc) is 2.38. The molecule has 2 rings (SSSR count). The Labute approximate surface area is 118 Å². The Morgan fingerprint density at radius 2 is 2.00 bits per heavy atom. The smallest absolute Gasteiger partial charge is 0.303 e. The number of benzene rings is 1. The van der Waals surface area contributed by atoms with Crippen molar-refractivity contribution in [1.82, 2.24) is 0 Å². The van der Waals surface area contributed by atoms with Crippen LogP contribution in [0.4, 0.5) is 5.69 Å². The number of carbonyl (C=O) groups is 2. The topological polar surface area (TPSA) is 83.6 Å². The van der Waals surface area contributed by atoms with Gasteiger partial charge in [-0.3, -0.25) is 9.59 Å². The maximum absolute atomic E-state index is 11.2. The number of aliphatic carboxylic acids is 1. The number of carboxylic acids is 1. The van der Waals surface area contributed by atoms with Gasteiger partial charge in [0.05, 0.1) is 0 Å². The molecule has 20 heavy (non-hydrogen) atoms. The van der Waals surface area contributed by atoms with Crippen LogP contribution in [0.2, 0.25) is 0 Å². The summed E-state index contributed by atoms with van der Waals surface area (Å²) >= 11 is 0. The van der Waals surface area contributed by atoms with Crippen molar-refractivity contribution >= 4 is 17.6 Å². The van der Waals surface area contributed by atoms with Gasteiger partial charge in [0.15, 0.2) is 0 Å². The van der Waals surface area contributed by atoms with Crippen molar-refractivity contribution in [2.75, 3.05) is 18.0 Å². The maximum Gasteiger partial charge on any atom is 0.303 e. The van der Waals surface area contributed by atoms with Crippen molar-refractivity contribution in [2.45, 2.75) is 26.2 Å². The molecule has 1 aromatic rings. The summed E-state index contributed by atoms with van der Waals surface area (Å²) in [6.07, 6.45) is 2.04. The molecule has 1 aromatic carbocycles. The van der Waals surface area contributed by atoms with Crippen molar-refractivity contribution < 1.29 is 14.7 Å². The number of hydrogen-bond acceptors (Lipinski definition) is 3. The zero-order valence-electron chi connectivity index (χ0n) is 11.6. The highest BCUT2D eigenvalue weighted by Crippen LogP contribution is 2.26. The van der Waals surface area contributed by atoms with Gasteiger partial charge < -0.3 is 15.7 Å². The number of aryl methyl sites for hydroxylation is 1. The predicted molar refractivity (Wildman–Crippen MR) is 76.9 cm³/mol. The quantitative estimate of drug-likeness (QED) is 0.878. The van der Waals surface area contributed by atoms with Crippen LogP contribution in [-0.2, 0) is 4.79 Å². The minimum Gasteiger partial charge on any atom is -0.481 e. The Bertz CT molecular complexity index is 520. The Morgan fingerprint density at radius 3 is 2.50 bits per heavy atom. The van der Waals surface area contributed by atoms with Gasteiger partial charge in [0.1, 0.15) is 0 Å². The molecule has 1 heterocycles. The second kappa shape index (κ2) is 5.94. The van der Waals surface area contributed by atoms with E-state index in [1.807, 2.05) is 19.1 Å². The van der Waals surface area contributed by atoms with Gasteiger partial charge in [-0.15, -0.1) is 0 Å². The highest BCUT2D eigenvalue weighted by molar-refractivity contribution is 5.94. The molecular weight excluding hydrogens is 256 g/mol. The molecule has 1 fully saturated rings. The van der Waals surface area contributed by atoms with E-state index in [9.17, 15) is 9.59 Å². The first-order valence-corrected chi connectivity index (χ1v) is 6.84. The third-order valence-corrected chi connectivity index (χ3v) is 3.92. The van der Waals surface area contributed by atoms with Gasteiger partial charge >= 0.3 is 5.97 Å². The number of rotatable bonds is 4. The zero-order valence-corrected chi connectivity index (χ0v) is 11.6.